The number of rotatable bonds is 7. The molecule has 3 amide bonds. The van der Waals surface area contributed by atoms with Crippen molar-refractivity contribution < 1.29 is 9.59 Å². The second kappa shape index (κ2) is 9.58. The van der Waals surface area contributed by atoms with Crippen LogP contribution in [-0.4, -0.2) is 69.5 Å². The minimum atomic E-state index is -0.417. The summed E-state index contributed by atoms with van der Waals surface area (Å²) in [5, 5.41) is 17.2. The molecule has 0 bridgehead atoms. The number of aromatic nitrogens is 4. The van der Waals surface area contributed by atoms with Crippen molar-refractivity contribution in [2.75, 3.05) is 26.4 Å². The molecule has 1 aliphatic rings. The van der Waals surface area contributed by atoms with Crippen LogP contribution in [0.4, 0.5) is 4.79 Å². The van der Waals surface area contributed by atoms with Gasteiger partial charge < -0.3 is 10.2 Å². The number of amides is 3. The number of likely N-dealkylation sites (N-methyl/N-ethyl adjacent to an activating group) is 1. The average molecular weight is 355 g/mol. The van der Waals surface area contributed by atoms with E-state index in [0.29, 0.717) is 11.7 Å². The summed E-state index contributed by atoms with van der Waals surface area (Å²) in [5.74, 6) is -0.254. The van der Waals surface area contributed by atoms with Crippen LogP contribution in [0.2, 0.25) is 0 Å². The van der Waals surface area contributed by atoms with Crippen LogP contribution >= 0.6 is 11.8 Å². The van der Waals surface area contributed by atoms with E-state index in [-0.39, 0.29) is 17.7 Å². The van der Waals surface area contributed by atoms with E-state index < -0.39 is 6.03 Å². The first kappa shape index (κ1) is 18.7. The second-order valence-corrected chi connectivity index (χ2v) is 7.08. The molecule has 0 aromatic carbocycles. The van der Waals surface area contributed by atoms with Gasteiger partial charge in [0.1, 0.15) is 0 Å². The Morgan fingerprint density at radius 3 is 2.75 bits per heavy atom. The third-order valence-electron chi connectivity index (χ3n) is 3.78. The van der Waals surface area contributed by atoms with Crippen LogP contribution in [0.15, 0.2) is 5.16 Å². The topological polar surface area (TPSA) is 105 Å². The van der Waals surface area contributed by atoms with Gasteiger partial charge in [-0.2, -0.15) is 0 Å². The minimum Gasteiger partial charge on any atom is -0.335 e. The van der Waals surface area contributed by atoms with Crippen LogP contribution in [0.5, 0.6) is 0 Å². The summed E-state index contributed by atoms with van der Waals surface area (Å²) in [6.07, 6.45) is 5.45. The summed E-state index contributed by atoms with van der Waals surface area (Å²) in [4.78, 5) is 25.7. The third kappa shape index (κ3) is 6.44. The number of nitrogens with one attached hydrogen (secondary N) is 2. The maximum atomic E-state index is 11.9. The molecule has 0 spiro atoms. The molecule has 1 aromatic heterocycles. The first-order valence-electron chi connectivity index (χ1n) is 8.18. The first-order valence-corrected chi connectivity index (χ1v) is 9.17. The molecule has 0 atom stereocenters. The Hall–Kier alpha value is -1.68. The van der Waals surface area contributed by atoms with Crippen LogP contribution in [0.25, 0.3) is 0 Å². The average Bonchev–Trinajstić information content (AvgIpc) is 2.99. The lowest BCUT2D eigenvalue weighted by molar-refractivity contribution is -0.117. The zero-order chi connectivity index (χ0) is 17.4. The van der Waals surface area contributed by atoms with Gasteiger partial charge in [0.2, 0.25) is 11.1 Å². The molecule has 134 valence electrons. The third-order valence-corrected chi connectivity index (χ3v) is 4.74. The summed E-state index contributed by atoms with van der Waals surface area (Å²) in [7, 11) is 3.94. The molecule has 9 nitrogen and oxygen atoms in total. The molecule has 0 aliphatic heterocycles. The van der Waals surface area contributed by atoms with Crippen molar-refractivity contribution in [3.8, 4) is 0 Å². The normalized spacial score (nSPS) is 15.5. The molecular formula is C14H25N7O2S. The summed E-state index contributed by atoms with van der Waals surface area (Å²) in [6, 6.07) is -0.239. The van der Waals surface area contributed by atoms with Crippen LogP contribution in [-0.2, 0) is 11.3 Å². The number of nitrogens with zero attached hydrogens (tertiary/aromatic N) is 5. The van der Waals surface area contributed by atoms with Crippen molar-refractivity contribution in [3.63, 3.8) is 0 Å². The predicted molar refractivity (Wildman–Crippen MR) is 90.6 cm³/mol. The van der Waals surface area contributed by atoms with Gasteiger partial charge in [-0.1, -0.05) is 31.0 Å². The van der Waals surface area contributed by atoms with Gasteiger partial charge >= 0.3 is 6.03 Å². The quantitative estimate of drug-likeness (QED) is 0.686. The monoisotopic (exact) mass is 355 g/mol. The molecule has 10 heteroatoms. The van der Waals surface area contributed by atoms with Crippen molar-refractivity contribution in [2.45, 2.75) is 49.8 Å². The first-order chi connectivity index (χ1) is 11.5. The summed E-state index contributed by atoms with van der Waals surface area (Å²) in [5.41, 5.74) is 0. The highest BCUT2D eigenvalue weighted by Crippen LogP contribution is 2.17. The predicted octanol–water partition coefficient (Wildman–Crippen LogP) is 0.485. The van der Waals surface area contributed by atoms with Crippen molar-refractivity contribution in [1.82, 2.24) is 35.7 Å². The van der Waals surface area contributed by atoms with Gasteiger partial charge in [-0.15, -0.1) is 5.10 Å². The molecule has 0 unspecified atom stereocenters. The molecule has 1 heterocycles. The van der Waals surface area contributed by atoms with Crippen LogP contribution in [0, 0.1) is 0 Å². The Balaban J connectivity index is 1.71. The van der Waals surface area contributed by atoms with Crippen molar-refractivity contribution >= 4 is 23.7 Å². The SMILES string of the molecule is CN(C)CCn1nnnc1SCC(=O)NC(=O)NC1CCCCC1. The van der Waals surface area contributed by atoms with Gasteiger partial charge in [0, 0.05) is 12.6 Å². The van der Waals surface area contributed by atoms with Crippen LogP contribution < -0.4 is 10.6 Å². The summed E-state index contributed by atoms with van der Waals surface area (Å²) in [6.45, 7) is 1.45. The van der Waals surface area contributed by atoms with Gasteiger partial charge in [-0.25, -0.2) is 9.48 Å². The summed E-state index contributed by atoms with van der Waals surface area (Å²) < 4.78 is 1.65. The van der Waals surface area contributed by atoms with E-state index in [9.17, 15) is 9.59 Å². The lowest BCUT2D eigenvalue weighted by atomic mass is 9.96. The number of carbonyl (C=O) groups is 2. The Morgan fingerprint density at radius 2 is 2.04 bits per heavy atom. The highest BCUT2D eigenvalue weighted by atomic mass is 32.2. The molecule has 1 fully saturated rings. The van der Waals surface area contributed by atoms with E-state index in [2.05, 4.69) is 26.2 Å². The van der Waals surface area contributed by atoms with Gasteiger partial charge in [0.15, 0.2) is 0 Å². The van der Waals surface area contributed by atoms with E-state index in [1.807, 2.05) is 19.0 Å². The Bertz CT molecular complexity index is 543. The van der Waals surface area contributed by atoms with Gasteiger partial charge in [0.05, 0.1) is 12.3 Å². The molecule has 1 saturated carbocycles. The minimum absolute atomic E-state index is 0.0976. The molecule has 1 aliphatic carbocycles. The standard InChI is InChI=1S/C14H25N7O2S/c1-20(2)8-9-21-14(17-18-19-21)24-10-12(22)16-13(23)15-11-6-4-3-5-7-11/h11H,3-10H2,1-2H3,(H2,15,16,22,23). The number of hydrogen-bond donors (Lipinski definition) is 2. The number of imide groups is 1. The summed E-state index contributed by atoms with van der Waals surface area (Å²) >= 11 is 1.22. The van der Waals surface area contributed by atoms with Crippen molar-refractivity contribution in [2.24, 2.45) is 0 Å². The van der Waals surface area contributed by atoms with Gasteiger partial charge in [-0.3, -0.25) is 10.1 Å². The lowest BCUT2D eigenvalue weighted by Crippen LogP contribution is -2.45. The zero-order valence-corrected chi connectivity index (χ0v) is 15.0. The Morgan fingerprint density at radius 1 is 1.29 bits per heavy atom. The highest BCUT2D eigenvalue weighted by molar-refractivity contribution is 7.99. The molecule has 2 rings (SSSR count). The number of tetrazole rings is 1. The van der Waals surface area contributed by atoms with E-state index >= 15 is 0 Å². The number of hydrogen-bond acceptors (Lipinski definition) is 7. The Kier molecular flexibility index (Phi) is 7.44. The Labute approximate surface area is 145 Å². The second-order valence-electron chi connectivity index (χ2n) is 6.13. The van der Waals surface area contributed by atoms with E-state index in [1.54, 1.807) is 4.68 Å². The fraction of sp³-hybridized carbons (Fsp3) is 0.786. The van der Waals surface area contributed by atoms with Crippen molar-refractivity contribution in [3.05, 3.63) is 0 Å². The molecular weight excluding hydrogens is 330 g/mol. The van der Waals surface area contributed by atoms with E-state index in [0.717, 1.165) is 32.2 Å². The van der Waals surface area contributed by atoms with E-state index in [1.165, 1.54) is 18.2 Å². The molecule has 0 radical (unpaired) electrons. The fourth-order valence-corrected chi connectivity index (χ4v) is 3.20. The molecule has 24 heavy (non-hydrogen) atoms. The number of urea groups is 1. The maximum Gasteiger partial charge on any atom is 0.321 e. The van der Waals surface area contributed by atoms with Crippen LogP contribution in [0.1, 0.15) is 32.1 Å². The highest BCUT2D eigenvalue weighted by Gasteiger charge is 2.17. The largest absolute Gasteiger partial charge is 0.335 e. The van der Waals surface area contributed by atoms with Crippen LogP contribution in [0.3, 0.4) is 0 Å². The molecule has 0 saturated heterocycles. The van der Waals surface area contributed by atoms with Gasteiger partial charge in [0.25, 0.3) is 0 Å². The maximum absolute atomic E-state index is 11.9. The smallest absolute Gasteiger partial charge is 0.321 e. The zero-order valence-electron chi connectivity index (χ0n) is 14.2. The number of thioether (sulfide) groups is 1. The van der Waals surface area contributed by atoms with Crippen molar-refractivity contribution in [1.29, 1.82) is 0 Å². The molecule has 1 aromatic rings. The van der Waals surface area contributed by atoms with E-state index in [4.69, 9.17) is 0 Å². The molecule has 2 N–H and O–H groups in total. The number of carbonyl (C=O) groups excluding carboxylic acids is 2. The fourth-order valence-electron chi connectivity index (χ4n) is 2.50. The van der Waals surface area contributed by atoms with Gasteiger partial charge in [-0.05, 0) is 37.4 Å². The lowest BCUT2D eigenvalue weighted by Gasteiger charge is -2.22.